The van der Waals surface area contributed by atoms with Gasteiger partial charge in [-0.1, -0.05) is 0 Å². The smallest absolute Gasteiger partial charge is 0.256 e. The Hall–Kier alpha value is -3.85. The molecule has 178 valence electrons. The minimum atomic E-state index is -0.711. The summed E-state index contributed by atoms with van der Waals surface area (Å²) in [5, 5.41) is 5.24. The maximum Gasteiger partial charge on any atom is 0.256 e. The number of nitrogens with zero attached hydrogens (tertiary/aromatic N) is 4. The highest BCUT2D eigenvalue weighted by Gasteiger charge is 2.30. The maximum atomic E-state index is 15.2. The summed E-state index contributed by atoms with van der Waals surface area (Å²) in [4.78, 5) is 18.2. The van der Waals surface area contributed by atoms with Gasteiger partial charge in [-0.3, -0.25) is 14.5 Å². The number of amides is 1. The number of ether oxygens (including phenoxy) is 2. The van der Waals surface area contributed by atoms with E-state index in [1.807, 2.05) is 0 Å². The third kappa shape index (κ3) is 3.81. The maximum absolute atomic E-state index is 15.2. The van der Waals surface area contributed by atoms with Gasteiger partial charge in [0.15, 0.2) is 0 Å². The van der Waals surface area contributed by atoms with Gasteiger partial charge in [0.25, 0.3) is 5.91 Å². The highest BCUT2D eigenvalue weighted by molar-refractivity contribution is 5.98. The van der Waals surface area contributed by atoms with Crippen LogP contribution in [-0.4, -0.2) is 44.9 Å². The fraction of sp³-hybridized carbons (Fsp3) is 0.269. The van der Waals surface area contributed by atoms with Crippen molar-refractivity contribution in [1.29, 1.82) is 0 Å². The van der Waals surface area contributed by atoms with Gasteiger partial charge in [0.2, 0.25) is 0 Å². The number of aryl methyl sites for hydroxylation is 1. The van der Waals surface area contributed by atoms with Gasteiger partial charge in [0, 0.05) is 36.8 Å². The summed E-state index contributed by atoms with van der Waals surface area (Å²) >= 11 is 0. The Morgan fingerprint density at radius 1 is 1.17 bits per heavy atom. The predicted molar refractivity (Wildman–Crippen MR) is 124 cm³/mol. The average Bonchev–Trinajstić information content (AvgIpc) is 3.56. The molecule has 0 saturated carbocycles. The highest BCUT2D eigenvalue weighted by Crippen LogP contribution is 2.36. The van der Waals surface area contributed by atoms with Gasteiger partial charge in [0.05, 0.1) is 37.6 Å². The van der Waals surface area contributed by atoms with E-state index < -0.39 is 11.6 Å². The first kappa shape index (κ1) is 21.7. The zero-order valence-electron chi connectivity index (χ0n) is 19.0. The van der Waals surface area contributed by atoms with Crippen LogP contribution in [0.25, 0.3) is 22.0 Å². The summed E-state index contributed by atoms with van der Waals surface area (Å²) in [5.41, 5.74) is 2.57. The molecule has 0 spiro atoms. The molecular weight excluding hydrogens is 454 g/mol. The first-order valence-corrected chi connectivity index (χ1v) is 11.4. The minimum absolute atomic E-state index is 0.0464. The Morgan fingerprint density at radius 2 is 2.00 bits per heavy atom. The molecule has 0 aliphatic carbocycles. The number of aromatic nitrogens is 3. The van der Waals surface area contributed by atoms with Crippen LogP contribution in [-0.2, 0) is 24.9 Å². The van der Waals surface area contributed by atoms with Gasteiger partial charge >= 0.3 is 0 Å². The molecule has 2 aromatic heterocycles. The van der Waals surface area contributed by atoms with Gasteiger partial charge in [-0.05, 0) is 47.5 Å². The molecule has 2 aromatic carbocycles. The molecule has 1 fully saturated rings. The third-order valence-electron chi connectivity index (χ3n) is 6.48. The lowest BCUT2D eigenvalue weighted by atomic mass is 9.99. The summed E-state index contributed by atoms with van der Waals surface area (Å²) in [6.45, 7) is 1.23. The second-order valence-corrected chi connectivity index (χ2v) is 8.86. The lowest BCUT2D eigenvalue weighted by Gasteiger charge is -2.17. The fourth-order valence-electron chi connectivity index (χ4n) is 4.74. The number of benzene rings is 2. The monoisotopic (exact) mass is 476 g/mol. The van der Waals surface area contributed by atoms with Gasteiger partial charge in [-0.25, -0.2) is 8.78 Å². The number of fused-ring (bicyclic) bond motifs is 2. The van der Waals surface area contributed by atoms with Crippen LogP contribution in [0, 0.1) is 11.6 Å². The predicted octanol–water partition coefficient (Wildman–Crippen LogP) is 4.24. The molecule has 0 bridgehead atoms. The summed E-state index contributed by atoms with van der Waals surface area (Å²) in [6, 6.07) is 9.52. The molecule has 6 rings (SSSR count). The summed E-state index contributed by atoms with van der Waals surface area (Å²) in [7, 11) is 1.79. The van der Waals surface area contributed by atoms with E-state index in [0.717, 1.165) is 11.8 Å². The van der Waals surface area contributed by atoms with Crippen molar-refractivity contribution in [3.8, 4) is 16.9 Å². The summed E-state index contributed by atoms with van der Waals surface area (Å²) in [6.07, 6.45) is 4.16. The molecule has 0 radical (unpaired) electrons. The standard InChI is InChI=1S/C26H22F2N4O3/c1-31-11-19-17(4-5-24(25(19)30-31)35-16-6-8-34-14-16)15-9-21(27)20(22(28)10-15)12-32-13-23-18(26(32)33)3-2-7-29-23/h2-5,7,9-11,16H,6,8,12-14H2,1H3/t16-/m0/s1. The Kier molecular flexibility index (Phi) is 5.21. The molecule has 1 saturated heterocycles. The van der Waals surface area contributed by atoms with E-state index >= 15 is 8.78 Å². The molecule has 4 aromatic rings. The van der Waals surface area contributed by atoms with Crippen molar-refractivity contribution in [1.82, 2.24) is 19.7 Å². The van der Waals surface area contributed by atoms with Crippen LogP contribution < -0.4 is 4.74 Å². The van der Waals surface area contributed by atoms with Crippen molar-refractivity contribution in [3.05, 3.63) is 77.2 Å². The number of carbonyl (C=O) groups excluding carboxylic acids is 1. The first-order chi connectivity index (χ1) is 17.0. The Morgan fingerprint density at radius 3 is 2.74 bits per heavy atom. The van der Waals surface area contributed by atoms with Crippen molar-refractivity contribution < 1.29 is 23.0 Å². The largest absolute Gasteiger partial charge is 0.486 e. The second-order valence-electron chi connectivity index (χ2n) is 8.86. The number of halogens is 2. The lowest BCUT2D eigenvalue weighted by molar-refractivity contribution is 0.0763. The zero-order valence-corrected chi connectivity index (χ0v) is 19.0. The normalized spacial score (nSPS) is 17.4. The average molecular weight is 476 g/mol. The molecule has 4 heterocycles. The SMILES string of the molecule is Cn1cc2c(-c3cc(F)c(CN4Cc5ncccc5C4=O)c(F)c3)ccc(O[C@H]3CCOC3)c2n1. The molecule has 9 heteroatoms. The Balaban J connectivity index is 1.32. The van der Waals surface area contributed by atoms with Crippen molar-refractivity contribution in [2.24, 2.45) is 7.05 Å². The molecule has 0 N–H and O–H groups in total. The van der Waals surface area contributed by atoms with Crippen LogP contribution in [0.4, 0.5) is 8.78 Å². The highest BCUT2D eigenvalue weighted by atomic mass is 19.1. The van der Waals surface area contributed by atoms with E-state index in [9.17, 15) is 4.79 Å². The summed E-state index contributed by atoms with van der Waals surface area (Å²) in [5.74, 6) is -1.09. The van der Waals surface area contributed by atoms with Crippen molar-refractivity contribution >= 4 is 16.8 Å². The van der Waals surface area contributed by atoms with Crippen molar-refractivity contribution in [3.63, 3.8) is 0 Å². The summed E-state index contributed by atoms with van der Waals surface area (Å²) < 4.78 is 43.5. The molecule has 0 unspecified atom stereocenters. The second kappa shape index (κ2) is 8.42. The number of rotatable bonds is 5. The van der Waals surface area contributed by atoms with Gasteiger partial charge in [-0.2, -0.15) is 5.10 Å². The molecule has 2 aliphatic heterocycles. The number of hydrogen-bond donors (Lipinski definition) is 0. The van der Waals surface area contributed by atoms with E-state index in [4.69, 9.17) is 9.47 Å². The van der Waals surface area contributed by atoms with E-state index in [0.29, 0.717) is 46.9 Å². The number of carbonyl (C=O) groups is 1. The van der Waals surface area contributed by atoms with E-state index in [1.165, 1.54) is 17.0 Å². The van der Waals surface area contributed by atoms with E-state index in [2.05, 4.69) is 10.1 Å². The van der Waals surface area contributed by atoms with E-state index in [1.54, 1.807) is 48.4 Å². The van der Waals surface area contributed by atoms with Crippen molar-refractivity contribution in [2.45, 2.75) is 25.6 Å². The van der Waals surface area contributed by atoms with Crippen LogP contribution >= 0.6 is 0 Å². The van der Waals surface area contributed by atoms with Crippen LogP contribution in [0.3, 0.4) is 0 Å². The van der Waals surface area contributed by atoms with Gasteiger partial charge in [-0.15, -0.1) is 0 Å². The van der Waals surface area contributed by atoms with Gasteiger partial charge in [0.1, 0.15) is 29.0 Å². The van der Waals surface area contributed by atoms with Crippen LogP contribution in [0.2, 0.25) is 0 Å². The molecular formula is C26H22F2N4O3. The molecule has 1 atom stereocenters. The molecule has 35 heavy (non-hydrogen) atoms. The Labute approximate surface area is 199 Å². The van der Waals surface area contributed by atoms with E-state index in [-0.39, 0.29) is 30.7 Å². The molecule has 1 amide bonds. The third-order valence-corrected chi connectivity index (χ3v) is 6.48. The van der Waals surface area contributed by atoms with Gasteiger partial charge < -0.3 is 14.4 Å². The quantitative estimate of drug-likeness (QED) is 0.431. The first-order valence-electron chi connectivity index (χ1n) is 11.4. The lowest BCUT2D eigenvalue weighted by Crippen LogP contribution is -2.24. The number of pyridine rings is 1. The zero-order chi connectivity index (χ0) is 24.1. The molecule has 2 aliphatic rings. The van der Waals surface area contributed by atoms with Crippen LogP contribution in [0.15, 0.2) is 48.8 Å². The van der Waals surface area contributed by atoms with Crippen molar-refractivity contribution in [2.75, 3.05) is 13.2 Å². The molecule has 7 nitrogen and oxygen atoms in total. The van der Waals surface area contributed by atoms with Crippen LogP contribution in [0.5, 0.6) is 5.75 Å². The topological polar surface area (TPSA) is 69.5 Å². The fourth-order valence-corrected chi connectivity index (χ4v) is 4.74. The minimum Gasteiger partial charge on any atom is -0.486 e. The van der Waals surface area contributed by atoms with Crippen LogP contribution in [0.1, 0.15) is 28.0 Å². The number of hydrogen-bond acceptors (Lipinski definition) is 5. The Bertz CT molecular complexity index is 1440.